The Hall–Kier alpha value is -4.20. The van der Waals surface area contributed by atoms with Crippen molar-refractivity contribution in [2.24, 2.45) is 0 Å². The number of non-ortho nitro benzene ring substituents is 1. The molecule has 0 saturated carbocycles. The highest BCUT2D eigenvalue weighted by molar-refractivity contribution is 5.58. The molecule has 1 aliphatic heterocycles. The molecule has 0 saturated heterocycles. The minimum atomic E-state index is -4.89. The molecule has 1 atom stereocenters. The van der Waals surface area contributed by atoms with Crippen LogP contribution in [0.2, 0.25) is 0 Å². The minimum absolute atomic E-state index is 0.176. The first-order valence-electron chi connectivity index (χ1n) is 8.40. The van der Waals surface area contributed by atoms with E-state index in [9.17, 15) is 23.3 Å². The van der Waals surface area contributed by atoms with Crippen LogP contribution in [0.3, 0.4) is 0 Å². The number of rotatable bonds is 2. The summed E-state index contributed by atoms with van der Waals surface area (Å²) in [4.78, 5) is 14.3. The molecule has 0 amide bonds. The third-order valence-corrected chi connectivity index (χ3v) is 4.65. The smallest absolute Gasteiger partial charge is 0.438 e. The van der Waals surface area contributed by atoms with Crippen molar-refractivity contribution in [3.63, 3.8) is 0 Å². The molecule has 3 aromatic rings. The van der Waals surface area contributed by atoms with Crippen molar-refractivity contribution < 1.29 is 22.8 Å². The van der Waals surface area contributed by atoms with Crippen LogP contribution in [0.4, 0.5) is 18.9 Å². The summed E-state index contributed by atoms with van der Waals surface area (Å²) < 4.78 is 45.4. The second-order valence-electron chi connectivity index (χ2n) is 6.40. The number of nitrogens with one attached hydrogen (secondary N) is 1. The lowest BCUT2D eigenvalue weighted by Gasteiger charge is -2.28. The predicted octanol–water partition coefficient (Wildman–Crippen LogP) is 3.90. The fraction of sp³-hybridized carbons (Fsp3) is 0.105. The number of nitro groups is 1. The molecule has 30 heavy (non-hydrogen) atoms. The van der Waals surface area contributed by atoms with Crippen molar-refractivity contribution in [3.05, 3.63) is 86.6 Å². The van der Waals surface area contributed by atoms with E-state index in [0.29, 0.717) is 11.9 Å². The second-order valence-corrected chi connectivity index (χ2v) is 6.40. The number of hydrogen-bond acceptors (Lipinski definition) is 6. The van der Waals surface area contributed by atoms with Gasteiger partial charge in [-0.1, -0.05) is 18.2 Å². The molecule has 2 aromatic carbocycles. The largest absolute Gasteiger partial charge is 0.491 e. The van der Waals surface area contributed by atoms with Gasteiger partial charge in [-0.15, -0.1) is 13.2 Å². The van der Waals surface area contributed by atoms with Crippen molar-refractivity contribution in [3.8, 4) is 17.7 Å². The molecule has 0 spiro atoms. The Bertz CT molecular complexity index is 1290. The molecule has 1 aromatic heterocycles. The second kappa shape index (κ2) is 6.70. The van der Waals surface area contributed by atoms with Crippen LogP contribution in [-0.2, 0) is 6.30 Å². The summed E-state index contributed by atoms with van der Waals surface area (Å²) in [6, 6.07) is 11.7. The molecule has 150 valence electrons. The monoisotopic (exact) mass is 413 g/mol. The zero-order valence-electron chi connectivity index (χ0n) is 14.8. The standard InChI is InChI=1S/C19H10F3N5O3/c20-19(21,22)26-9-25-18-16(17(26)24)15(11-2-1-3-12(7-11)27(28)29)13-5-4-10(8-23)6-14(13)30-18/h1-7,9,15,24H. The quantitative estimate of drug-likeness (QED) is 0.395. The zero-order valence-corrected chi connectivity index (χ0v) is 14.8. The van der Waals surface area contributed by atoms with Crippen LogP contribution in [0.5, 0.6) is 11.6 Å². The van der Waals surface area contributed by atoms with E-state index < -0.39 is 22.6 Å². The number of nitriles is 1. The normalized spacial score (nSPS) is 14.8. The number of aromatic nitrogens is 2. The lowest BCUT2D eigenvalue weighted by molar-refractivity contribution is -0.384. The summed E-state index contributed by atoms with van der Waals surface area (Å²) in [6.07, 6.45) is -4.46. The maximum absolute atomic E-state index is 13.3. The molecule has 1 N–H and O–H groups in total. The van der Waals surface area contributed by atoms with E-state index in [1.165, 1.54) is 42.5 Å². The van der Waals surface area contributed by atoms with Crippen LogP contribution in [0.15, 0.2) is 48.8 Å². The summed E-state index contributed by atoms with van der Waals surface area (Å²) in [5.41, 5.74) is -0.448. The van der Waals surface area contributed by atoms with Crippen molar-refractivity contribution >= 4 is 5.69 Å². The van der Waals surface area contributed by atoms with E-state index in [1.807, 2.05) is 6.07 Å². The van der Waals surface area contributed by atoms with E-state index in [2.05, 4.69) is 4.98 Å². The Morgan fingerprint density at radius 1 is 1.27 bits per heavy atom. The summed E-state index contributed by atoms with van der Waals surface area (Å²) in [5, 5.41) is 28.5. The number of benzene rings is 2. The van der Waals surface area contributed by atoms with E-state index in [1.54, 1.807) is 0 Å². The van der Waals surface area contributed by atoms with Gasteiger partial charge in [0.2, 0.25) is 5.88 Å². The van der Waals surface area contributed by atoms with Gasteiger partial charge in [0.1, 0.15) is 17.6 Å². The Morgan fingerprint density at radius 3 is 2.70 bits per heavy atom. The molecule has 1 aliphatic rings. The van der Waals surface area contributed by atoms with Gasteiger partial charge in [0.15, 0.2) is 0 Å². The highest BCUT2D eigenvalue weighted by Crippen LogP contribution is 2.45. The maximum atomic E-state index is 13.3. The van der Waals surface area contributed by atoms with Crippen LogP contribution in [0, 0.1) is 26.9 Å². The fourth-order valence-corrected chi connectivity index (χ4v) is 3.36. The molecular weight excluding hydrogens is 403 g/mol. The molecule has 0 fully saturated rings. The number of halogens is 3. The molecule has 1 unspecified atom stereocenters. The van der Waals surface area contributed by atoms with Gasteiger partial charge < -0.3 is 4.74 Å². The number of nitrogens with zero attached hydrogens (tertiary/aromatic N) is 4. The minimum Gasteiger partial charge on any atom is -0.438 e. The Labute approximate surface area is 166 Å². The number of fused-ring (bicyclic) bond motifs is 2. The van der Waals surface area contributed by atoms with E-state index >= 15 is 0 Å². The lowest BCUT2D eigenvalue weighted by Crippen LogP contribution is -2.35. The first-order chi connectivity index (χ1) is 14.2. The topological polar surface area (TPSA) is 118 Å². The Kier molecular flexibility index (Phi) is 4.27. The van der Waals surface area contributed by atoms with Crippen LogP contribution >= 0.6 is 0 Å². The lowest BCUT2D eigenvalue weighted by atomic mass is 9.83. The van der Waals surface area contributed by atoms with Crippen LogP contribution < -0.4 is 10.2 Å². The number of hydrogen-bond donors (Lipinski definition) is 1. The van der Waals surface area contributed by atoms with Gasteiger partial charge in [-0.3, -0.25) is 15.5 Å². The van der Waals surface area contributed by atoms with Crippen LogP contribution in [0.1, 0.15) is 28.2 Å². The SMILES string of the molecule is N#Cc1ccc2c(c1)Oc1ncn(C(F)(F)F)c(=N)c1C2c1cccc([N+](=O)[O-])c1. The number of ether oxygens (including phenoxy) is 1. The molecular formula is C19H10F3N5O3. The first-order valence-corrected chi connectivity index (χ1v) is 8.40. The first kappa shape index (κ1) is 19.1. The van der Waals surface area contributed by atoms with Crippen molar-refractivity contribution in [2.45, 2.75) is 12.2 Å². The van der Waals surface area contributed by atoms with Gasteiger partial charge in [-0.25, -0.2) is 9.55 Å². The summed E-state index contributed by atoms with van der Waals surface area (Å²) in [6.45, 7) is 0. The molecule has 4 rings (SSSR count). The van der Waals surface area contributed by atoms with Crippen LogP contribution in [-0.4, -0.2) is 14.5 Å². The van der Waals surface area contributed by atoms with Crippen molar-refractivity contribution in [2.75, 3.05) is 0 Å². The Morgan fingerprint density at radius 2 is 2.03 bits per heavy atom. The Balaban J connectivity index is 2.03. The average molecular weight is 413 g/mol. The van der Waals surface area contributed by atoms with Crippen LogP contribution in [0.25, 0.3) is 0 Å². The van der Waals surface area contributed by atoms with E-state index in [4.69, 9.17) is 15.4 Å². The van der Waals surface area contributed by atoms with Gasteiger partial charge in [0.25, 0.3) is 5.69 Å². The highest BCUT2D eigenvalue weighted by Gasteiger charge is 2.37. The average Bonchev–Trinajstić information content (AvgIpc) is 2.71. The summed E-state index contributed by atoms with van der Waals surface area (Å²) >= 11 is 0. The number of nitro benzene ring substituents is 1. The zero-order chi connectivity index (χ0) is 21.6. The van der Waals surface area contributed by atoms with Gasteiger partial charge in [0, 0.05) is 23.6 Å². The highest BCUT2D eigenvalue weighted by atomic mass is 19.4. The van der Waals surface area contributed by atoms with E-state index in [-0.39, 0.29) is 38.6 Å². The maximum Gasteiger partial charge on any atom is 0.491 e. The molecule has 0 aliphatic carbocycles. The number of alkyl halides is 3. The molecule has 11 heteroatoms. The van der Waals surface area contributed by atoms with Gasteiger partial charge in [0.05, 0.1) is 22.1 Å². The molecule has 0 radical (unpaired) electrons. The van der Waals surface area contributed by atoms with Gasteiger partial charge in [-0.2, -0.15) is 5.26 Å². The summed E-state index contributed by atoms with van der Waals surface area (Å²) in [7, 11) is 0. The molecule has 8 nitrogen and oxygen atoms in total. The van der Waals surface area contributed by atoms with Crippen molar-refractivity contribution in [1.29, 1.82) is 10.7 Å². The third kappa shape index (κ3) is 3.04. The van der Waals surface area contributed by atoms with Gasteiger partial charge in [-0.05, 0) is 17.7 Å². The molecule has 0 bridgehead atoms. The third-order valence-electron chi connectivity index (χ3n) is 4.65. The summed E-state index contributed by atoms with van der Waals surface area (Å²) in [5.74, 6) is -1.06. The fourth-order valence-electron chi connectivity index (χ4n) is 3.36. The van der Waals surface area contributed by atoms with E-state index in [0.717, 1.165) is 0 Å². The van der Waals surface area contributed by atoms with Crippen molar-refractivity contribution in [1.82, 2.24) is 9.55 Å². The molecule has 2 heterocycles. The van der Waals surface area contributed by atoms with Gasteiger partial charge >= 0.3 is 6.30 Å². The predicted molar refractivity (Wildman–Crippen MR) is 94.7 cm³/mol.